The lowest BCUT2D eigenvalue weighted by molar-refractivity contribution is -0.134. The summed E-state index contributed by atoms with van der Waals surface area (Å²) >= 11 is 0. The van der Waals surface area contributed by atoms with Crippen LogP contribution < -0.4 is 9.64 Å². The van der Waals surface area contributed by atoms with E-state index in [0.717, 1.165) is 32.4 Å². The van der Waals surface area contributed by atoms with Gasteiger partial charge in [0.25, 0.3) is 5.91 Å². The molecule has 1 atom stereocenters. The first-order valence-electron chi connectivity index (χ1n) is 9.85. The normalized spacial score (nSPS) is 19.7. The second-order valence-corrected chi connectivity index (χ2v) is 7.61. The van der Waals surface area contributed by atoms with Gasteiger partial charge in [-0.2, -0.15) is 0 Å². The van der Waals surface area contributed by atoms with Crippen LogP contribution in [0.5, 0.6) is 5.75 Å². The molecule has 27 heavy (non-hydrogen) atoms. The molecule has 2 aliphatic heterocycles. The maximum Gasteiger partial charge on any atom is 0.268 e. The van der Waals surface area contributed by atoms with Crippen molar-refractivity contribution in [3.63, 3.8) is 0 Å². The molecule has 0 N–H and O–H groups in total. The molecule has 3 rings (SSSR count). The molecular weight excluding hydrogens is 344 g/mol. The molecule has 0 radical (unpaired) electrons. The third kappa shape index (κ3) is 3.99. The lowest BCUT2D eigenvalue weighted by Crippen LogP contribution is -2.52. The molecule has 0 spiro atoms. The van der Waals surface area contributed by atoms with E-state index in [1.165, 1.54) is 4.90 Å². The van der Waals surface area contributed by atoms with Gasteiger partial charge in [-0.15, -0.1) is 0 Å². The van der Waals surface area contributed by atoms with Gasteiger partial charge in [-0.25, -0.2) is 0 Å². The first-order chi connectivity index (χ1) is 12.9. The van der Waals surface area contributed by atoms with Crippen molar-refractivity contribution in [1.29, 1.82) is 0 Å². The van der Waals surface area contributed by atoms with E-state index in [1.807, 2.05) is 18.7 Å². The van der Waals surface area contributed by atoms with E-state index in [-0.39, 0.29) is 30.1 Å². The van der Waals surface area contributed by atoms with Crippen LogP contribution >= 0.6 is 0 Å². The second-order valence-electron chi connectivity index (χ2n) is 7.61. The van der Waals surface area contributed by atoms with Crippen LogP contribution in [0, 0.1) is 5.92 Å². The Morgan fingerprint density at radius 1 is 1.19 bits per heavy atom. The van der Waals surface area contributed by atoms with Gasteiger partial charge in [-0.05, 0) is 43.4 Å². The van der Waals surface area contributed by atoms with E-state index in [0.29, 0.717) is 23.4 Å². The molecule has 1 saturated heterocycles. The lowest BCUT2D eigenvalue weighted by atomic mass is 10.0. The van der Waals surface area contributed by atoms with Gasteiger partial charge in [-0.3, -0.25) is 19.3 Å². The Balaban J connectivity index is 1.93. The van der Waals surface area contributed by atoms with Gasteiger partial charge in [0.1, 0.15) is 12.3 Å². The molecule has 1 aromatic carbocycles. The Morgan fingerprint density at radius 3 is 2.52 bits per heavy atom. The fraction of sp³-hybridized carbons (Fsp3) is 0.571. The molecule has 0 aliphatic carbocycles. The summed E-state index contributed by atoms with van der Waals surface area (Å²) in [5.41, 5.74) is 1.05. The van der Waals surface area contributed by atoms with Gasteiger partial charge in [0.05, 0.1) is 5.69 Å². The number of likely N-dealkylation sites (tertiary alicyclic amines) is 1. The number of Topliss-reactive ketones (excluding diaryl/α,β-unsaturated/α-hetero) is 1. The van der Waals surface area contributed by atoms with Gasteiger partial charge in [0.2, 0.25) is 5.91 Å². The van der Waals surface area contributed by atoms with Gasteiger partial charge >= 0.3 is 0 Å². The van der Waals surface area contributed by atoms with Gasteiger partial charge in [0.15, 0.2) is 11.9 Å². The first kappa shape index (κ1) is 19.4. The second kappa shape index (κ2) is 8.11. The number of piperidine rings is 1. The highest BCUT2D eigenvalue weighted by molar-refractivity contribution is 6.05. The molecule has 2 amide bonds. The molecule has 1 aromatic rings. The van der Waals surface area contributed by atoms with Crippen molar-refractivity contribution >= 4 is 23.3 Å². The molecule has 6 heteroatoms. The summed E-state index contributed by atoms with van der Waals surface area (Å²) in [6.07, 6.45) is 2.90. The summed E-state index contributed by atoms with van der Waals surface area (Å²) in [6, 6.07) is 5.14. The number of fused-ring (bicyclic) bond motifs is 1. The van der Waals surface area contributed by atoms with Crippen molar-refractivity contribution in [1.82, 2.24) is 4.90 Å². The summed E-state index contributed by atoms with van der Waals surface area (Å²) < 4.78 is 5.90. The Hall–Kier alpha value is -2.37. The van der Waals surface area contributed by atoms with Crippen molar-refractivity contribution in [2.75, 3.05) is 24.5 Å². The number of amides is 2. The van der Waals surface area contributed by atoms with Crippen molar-refractivity contribution in [3.05, 3.63) is 23.8 Å². The molecule has 6 nitrogen and oxygen atoms in total. The number of anilines is 1. The average molecular weight is 372 g/mol. The van der Waals surface area contributed by atoms with E-state index < -0.39 is 6.10 Å². The largest absolute Gasteiger partial charge is 0.478 e. The minimum atomic E-state index is -0.626. The standard InChI is InChI=1S/C21H28N2O4/c1-4-17(24)15-8-9-18-16(12-15)23(21(26)20(27-18)14(2)3)13-19(25)22-10-6-5-7-11-22/h8-9,12,14,20H,4-7,10-11,13H2,1-3H3. The zero-order chi connectivity index (χ0) is 19.6. The van der Waals surface area contributed by atoms with Gasteiger partial charge in [-0.1, -0.05) is 20.8 Å². The smallest absolute Gasteiger partial charge is 0.268 e. The quantitative estimate of drug-likeness (QED) is 0.745. The fourth-order valence-electron chi connectivity index (χ4n) is 3.63. The van der Waals surface area contributed by atoms with Crippen molar-refractivity contribution in [2.45, 2.75) is 52.6 Å². The molecule has 2 heterocycles. The van der Waals surface area contributed by atoms with Crippen LogP contribution in [0.25, 0.3) is 0 Å². The van der Waals surface area contributed by atoms with Crippen LogP contribution in [-0.4, -0.2) is 48.2 Å². The number of hydrogen-bond donors (Lipinski definition) is 0. The van der Waals surface area contributed by atoms with Crippen LogP contribution in [0.15, 0.2) is 18.2 Å². The number of ketones is 1. The van der Waals surface area contributed by atoms with E-state index >= 15 is 0 Å². The van der Waals surface area contributed by atoms with E-state index in [1.54, 1.807) is 25.1 Å². The average Bonchev–Trinajstić information content (AvgIpc) is 2.69. The predicted molar refractivity (Wildman–Crippen MR) is 103 cm³/mol. The van der Waals surface area contributed by atoms with E-state index in [4.69, 9.17) is 4.74 Å². The number of benzene rings is 1. The molecular formula is C21H28N2O4. The maximum atomic E-state index is 13.0. The third-order valence-corrected chi connectivity index (χ3v) is 5.26. The van der Waals surface area contributed by atoms with Crippen LogP contribution in [-0.2, 0) is 9.59 Å². The zero-order valence-electron chi connectivity index (χ0n) is 16.4. The van der Waals surface area contributed by atoms with Gasteiger partial charge in [0, 0.05) is 25.1 Å². The van der Waals surface area contributed by atoms with E-state index in [9.17, 15) is 14.4 Å². The third-order valence-electron chi connectivity index (χ3n) is 5.26. The van der Waals surface area contributed by atoms with Crippen molar-refractivity contribution < 1.29 is 19.1 Å². The number of nitrogens with zero attached hydrogens (tertiary/aromatic N) is 2. The Labute approximate surface area is 160 Å². The monoisotopic (exact) mass is 372 g/mol. The van der Waals surface area contributed by atoms with E-state index in [2.05, 4.69) is 0 Å². The summed E-state index contributed by atoms with van der Waals surface area (Å²) in [5.74, 6) is 0.260. The molecule has 1 unspecified atom stereocenters. The highest BCUT2D eigenvalue weighted by Gasteiger charge is 2.38. The summed E-state index contributed by atoms with van der Waals surface area (Å²) in [6.45, 7) is 7.12. The highest BCUT2D eigenvalue weighted by atomic mass is 16.5. The lowest BCUT2D eigenvalue weighted by Gasteiger charge is -2.37. The van der Waals surface area contributed by atoms with Crippen LogP contribution in [0.1, 0.15) is 56.8 Å². The summed E-state index contributed by atoms with van der Waals surface area (Å²) in [4.78, 5) is 41.3. The number of rotatable bonds is 5. The first-order valence-corrected chi connectivity index (χ1v) is 9.85. The molecule has 0 saturated carbocycles. The SMILES string of the molecule is CCC(=O)c1ccc2c(c1)N(CC(=O)N1CCCCC1)C(=O)C(C(C)C)O2. The predicted octanol–water partition coefficient (Wildman–Crippen LogP) is 3.04. The highest BCUT2D eigenvalue weighted by Crippen LogP contribution is 2.37. The van der Waals surface area contributed by atoms with Crippen LogP contribution in [0.3, 0.4) is 0 Å². The van der Waals surface area contributed by atoms with Crippen LogP contribution in [0.2, 0.25) is 0 Å². The van der Waals surface area contributed by atoms with Crippen molar-refractivity contribution in [2.24, 2.45) is 5.92 Å². The molecule has 0 bridgehead atoms. The summed E-state index contributed by atoms with van der Waals surface area (Å²) in [5, 5.41) is 0. The number of carbonyl (C=O) groups is 3. The van der Waals surface area contributed by atoms with Crippen LogP contribution in [0.4, 0.5) is 5.69 Å². The summed E-state index contributed by atoms with van der Waals surface area (Å²) in [7, 11) is 0. The minimum absolute atomic E-state index is 0.00135. The molecule has 2 aliphatic rings. The Kier molecular flexibility index (Phi) is 5.82. The minimum Gasteiger partial charge on any atom is -0.478 e. The zero-order valence-corrected chi connectivity index (χ0v) is 16.4. The number of hydrogen-bond acceptors (Lipinski definition) is 4. The topological polar surface area (TPSA) is 66.9 Å². The number of ether oxygens (including phenoxy) is 1. The number of carbonyl (C=O) groups excluding carboxylic acids is 3. The Morgan fingerprint density at radius 2 is 1.89 bits per heavy atom. The molecule has 1 fully saturated rings. The van der Waals surface area contributed by atoms with Crippen molar-refractivity contribution in [3.8, 4) is 5.75 Å². The maximum absolute atomic E-state index is 13.0. The molecule has 0 aromatic heterocycles. The Bertz CT molecular complexity index is 738. The van der Waals surface area contributed by atoms with Gasteiger partial charge < -0.3 is 9.64 Å². The fourth-order valence-corrected chi connectivity index (χ4v) is 3.63. The molecule has 146 valence electrons.